The lowest BCUT2D eigenvalue weighted by Gasteiger charge is -2.07. The number of H-pyrrole nitrogens is 1. The first-order valence-corrected chi connectivity index (χ1v) is 7.71. The van der Waals surface area contributed by atoms with Crippen LogP contribution in [0.15, 0.2) is 29.2 Å². The molecule has 0 saturated heterocycles. The number of hydrogen-bond acceptors (Lipinski definition) is 5. The fourth-order valence-electron chi connectivity index (χ4n) is 1.88. The van der Waals surface area contributed by atoms with Crippen molar-refractivity contribution in [3.8, 4) is 0 Å². The molecule has 6 nitrogen and oxygen atoms in total. The van der Waals surface area contributed by atoms with Crippen molar-refractivity contribution in [3.63, 3.8) is 0 Å². The Morgan fingerprint density at radius 2 is 2.17 bits per heavy atom. The molecule has 1 heterocycles. The lowest BCUT2D eigenvalue weighted by molar-refractivity contribution is 0.0524. The average molecular weight is 356 g/mol. The van der Waals surface area contributed by atoms with Crippen LogP contribution >= 0.6 is 23.2 Å². The second-order valence-corrected chi connectivity index (χ2v) is 5.45. The van der Waals surface area contributed by atoms with Gasteiger partial charge in [0.25, 0.3) is 5.56 Å². The Morgan fingerprint density at radius 3 is 2.83 bits per heavy atom. The van der Waals surface area contributed by atoms with E-state index < -0.39 is 11.5 Å². The molecule has 0 unspecified atom stereocenters. The molecule has 0 amide bonds. The number of nitrogens with zero attached hydrogens (tertiary/aromatic N) is 1. The van der Waals surface area contributed by atoms with Gasteiger partial charge in [0.05, 0.1) is 12.8 Å². The number of anilines is 1. The van der Waals surface area contributed by atoms with Crippen molar-refractivity contribution in [1.82, 2.24) is 9.97 Å². The van der Waals surface area contributed by atoms with Gasteiger partial charge in [0.1, 0.15) is 5.56 Å². The molecule has 23 heavy (non-hydrogen) atoms. The van der Waals surface area contributed by atoms with E-state index in [0.29, 0.717) is 23.0 Å². The molecule has 8 heteroatoms. The Bertz CT molecular complexity index is 762. The summed E-state index contributed by atoms with van der Waals surface area (Å²) in [5.41, 5.74) is 0.248. The van der Waals surface area contributed by atoms with Crippen molar-refractivity contribution in [2.45, 2.75) is 13.3 Å². The van der Waals surface area contributed by atoms with E-state index in [-0.39, 0.29) is 18.1 Å². The molecule has 2 aromatic rings. The summed E-state index contributed by atoms with van der Waals surface area (Å²) in [6.07, 6.45) is 1.81. The quantitative estimate of drug-likeness (QED) is 0.778. The summed E-state index contributed by atoms with van der Waals surface area (Å²) in [6.45, 7) is 2.36. The molecule has 2 rings (SSSR count). The van der Waals surface area contributed by atoms with Gasteiger partial charge in [-0.15, -0.1) is 0 Å². The standard InChI is InChI=1S/C15H15Cl2N3O3/c1-2-23-14(22)11-8-19-15(20-13(11)21)18-6-5-9-3-4-10(16)7-12(9)17/h3-4,7-8H,2,5-6H2,1H3,(H2,18,19,20,21). The second kappa shape index (κ2) is 7.99. The minimum absolute atomic E-state index is 0.127. The van der Waals surface area contributed by atoms with Gasteiger partial charge in [-0.25, -0.2) is 9.78 Å². The van der Waals surface area contributed by atoms with Crippen LogP contribution in [0.3, 0.4) is 0 Å². The Morgan fingerprint density at radius 1 is 1.39 bits per heavy atom. The third kappa shape index (κ3) is 4.71. The molecular formula is C15H15Cl2N3O3. The number of nitrogens with one attached hydrogen (secondary N) is 2. The van der Waals surface area contributed by atoms with Gasteiger partial charge in [0, 0.05) is 16.6 Å². The fourth-order valence-corrected chi connectivity index (χ4v) is 2.38. The van der Waals surface area contributed by atoms with Crippen molar-refractivity contribution in [1.29, 1.82) is 0 Å². The third-order valence-electron chi connectivity index (χ3n) is 3.00. The molecule has 0 aliphatic heterocycles. The van der Waals surface area contributed by atoms with Crippen LogP contribution in [0.25, 0.3) is 0 Å². The maximum absolute atomic E-state index is 11.8. The number of carbonyl (C=O) groups is 1. The van der Waals surface area contributed by atoms with E-state index in [2.05, 4.69) is 15.3 Å². The van der Waals surface area contributed by atoms with E-state index in [4.69, 9.17) is 27.9 Å². The second-order valence-electron chi connectivity index (χ2n) is 4.61. The Hall–Kier alpha value is -2.05. The lowest BCUT2D eigenvalue weighted by Crippen LogP contribution is -2.22. The zero-order valence-electron chi connectivity index (χ0n) is 12.4. The van der Waals surface area contributed by atoms with Crippen LogP contribution in [0.1, 0.15) is 22.8 Å². The molecule has 0 aliphatic rings. The summed E-state index contributed by atoms with van der Waals surface area (Å²) in [6, 6.07) is 5.27. The topological polar surface area (TPSA) is 84.1 Å². The highest BCUT2D eigenvalue weighted by molar-refractivity contribution is 6.35. The van der Waals surface area contributed by atoms with Crippen molar-refractivity contribution in [2.75, 3.05) is 18.5 Å². The molecule has 1 aromatic carbocycles. The van der Waals surface area contributed by atoms with E-state index in [1.807, 2.05) is 6.07 Å². The predicted octanol–water partition coefficient (Wildman–Crippen LogP) is 2.91. The lowest BCUT2D eigenvalue weighted by atomic mass is 10.1. The summed E-state index contributed by atoms with van der Waals surface area (Å²) in [7, 11) is 0. The fraction of sp³-hybridized carbons (Fsp3) is 0.267. The van der Waals surface area contributed by atoms with Gasteiger partial charge in [-0.05, 0) is 31.0 Å². The molecule has 0 atom stereocenters. The van der Waals surface area contributed by atoms with Gasteiger partial charge in [-0.2, -0.15) is 0 Å². The molecule has 2 N–H and O–H groups in total. The summed E-state index contributed by atoms with van der Waals surface area (Å²) in [4.78, 5) is 29.8. The number of esters is 1. The summed E-state index contributed by atoms with van der Waals surface area (Å²) in [5, 5.41) is 4.12. The monoisotopic (exact) mass is 355 g/mol. The molecule has 0 saturated carbocycles. The largest absolute Gasteiger partial charge is 0.462 e. The smallest absolute Gasteiger partial charge is 0.345 e. The van der Waals surface area contributed by atoms with E-state index in [1.54, 1.807) is 19.1 Å². The van der Waals surface area contributed by atoms with E-state index >= 15 is 0 Å². The number of aromatic amines is 1. The average Bonchev–Trinajstić information content (AvgIpc) is 2.50. The van der Waals surface area contributed by atoms with Gasteiger partial charge < -0.3 is 10.1 Å². The molecule has 0 aliphatic carbocycles. The number of rotatable bonds is 6. The molecule has 0 radical (unpaired) electrons. The normalized spacial score (nSPS) is 10.4. The zero-order chi connectivity index (χ0) is 16.8. The van der Waals surface area contributed by atoms with Gasteiger partial charge >= 0.3 is 5.97 Å². The van der Waals surface area contributed by atoms with Crippen LogP contribution in [0, 0.1) is 0 Å². The number of ether oxygens (including phenoxy) is 1. The van der Waals surface area contributed by atoms with E-state index in [1.165, 1.54) is 6.20 Å². The first-order chi connectivity index (χ1) is 11.0. The van der Waals surface area contributed by atoms with Crippen LogP contribution in [0.5, 0.6) is 0 Å². The van der Waals surface area contributed by atoms with E-state index in [9.17, 15) is 9.59 Å². The van der Waals surface area contributed by atoms with Gasteiger partial charge in [-0.3, -0.25) is 9.78 Å². The molecular weight excluding hydrogens is 341 g/mol. The van der Waals surface area contributed by atoms with Gasteiger partial charge in [0.15, 0.2) is 0 Å². The molecule has 0 spiro atoms. The van der Waals surface area contributed by atoms with Crippen molar-refractivity contribution in [3.05, 3.63) is 55.9 Å². The maximum atomic E-state index is 11.8. The number of benzene rings is 1. The predicted molar refractivity (Wildman–Crippen MR) is 89.5 cm³/mol. The van der Waals surface area contributed by atoms with Crippen molar-refractivity contribution < 1.29 is 9.53 Å². The molecule has 0 bridgehead atoms. The number of hydrogen-bond donors (Lipinski definition) is 2. The Kier molecular flexibility index (Phi) is 6.01. The minimum Gasteiger partial charge on any atom is -0.462 e. The SMILES string of the molecule is CCOC(=O)c1cnc(NCCc2ccc(Cl)cc2Cl)[nH]c1=O. The Labute approximate surface area is 142 Å². The van der Waals surface area contributed by atoms with Gasteiger partial charge in [-0.1, -0.05) is 29.3 Å². The molecule has 122 valence electrons. The van der Waals surface area contributed by atoms with Gasteiger partial charge in [0.2, 0.25) is 5.95 Å². The van der Waals surface area contributed by atoms with Crippen LogP contribution in [-0.4, -0.2) is 29.1 Å². The molecule has 1 aromatic heterocycles. The summed E-state index contributed by atoms with van der Waals surface area (Å²) < 4.78 is 4.77. The highest BCUT2D eigenvalue weighted by Crippen LogP contribution is 2.21. The van der Waals surface area contributed by atoms with Crippen LogP contribution < -0.4 is 10.9 Å². The minimum atomic E-state index is -0.694. The van der Waals surface area contributed by atoms with E-state index in [0.717, 1.165) is 5.56 Å². The van der Waals surface area contributed by atoms with Crippen LogP contribution in [0.2, 0.25) is 10.0 Å². The summed E-state index contributed by atoms with van der Waals surface area (Å²) in [5.74, 6) is -0.422. The highest BCUT2D eigenvalue weighted by Gasteiger charge is 2.12. The molecule has 0 fully saturated rings. The Balaban J connectivity index is 1.97. The maximum Gasteiger partial charge on any atom is 0.345 e. The number of aromatic nitrogens is 2. The first kappa shape index (κ1) is 17.3. The zero-order valence-corrected chi connectivity index (χ0v) is 13.9. The van der Waals surface area contributed by atoms with Crippen molar-refractivity contribution >= 4 is 35.1 Å². The van der Waals surface area contributed by atoms with Crippen molar-refractivity contribution in [2.24, 2.45) is 0 Å². The summed E-state index contributed by atoms with van der Waals surface area (Å²) >= 11 is 11.9. The third-order valence-corrected chi connectivity index (χ3v) is 3.58. The highest BCUT2D eigenvalue weighted by atomic mass is 35.5. The first-order valence-electron chi connectivity index (χ1n) is 6.95. The van der Waals surface area contributed by atoms with Crippen LogP contribution in [0.4, 0.5) is 5.95 Å². The number of halogens is 2. The van der Waals surface area contributed by atoms with Crippen LogP contribution in [-0.2, 0) is 11.2 Å². The number of carbonyl (C=O) groups excluding carboxylic acids is 1.